The molecule has 90 valence electrons. The van der Waals surface area contributed by atoms with Crippen molar-refractivity contribution in [3.63, 3.8) is 0 Å². The van der Waals surface area contributed by atoms with Crippen LogP contribution in [0.2, 0.25) is 0 Å². The van der Waals surface area contributed by atoms with Gasteiger partial charge in [-0.1, -0.05) is 6.07 Å². The van der Waals surface area contributed by atoms with E-state index >= 15 is 0 Å². The third kappa shape index (κ3) is 2.62. The number of nitrogens with two attached hydrogens (primary N) is 1. The minimum atomic E-state index is -0.758. The molecule has 2 N–H and O–H groups in total. The zero-order chi connectivity index (χ0) is 11.4. The molecule has 0 amide bonds. The van der Waals surface area contributed by atoms with Gasteiger partial charge in [-0.3, -0.25) is 0 Å². The summed E-state index contributed by atoms with van der Waals surface area (Å²) in [4.78, 5) is 11.3. The van der Waals surface area contributed by atoms with Crippen molar-refractivity contribution in [2.45, 2.75) is 6.54 Å². The molecule has 0 unspecified atom stereocenters. The van der Waals surface area contributed by atoms with Gasteiger partial charge in [-0.2, -0.15) is 0 Å². The summed E-state index contributed by atoms with van der Waals surface area (Å²) in [6.07, 6.45) is 0. The van der Waals surface area contributed by atoms with E-state index in [4.69, 9.17) is 10.5 Å². The Morgan fingerprint density at radius 2 is 2.06 bits per heavy atom. The van der Waals surface area contributed by atoms with Gasteiger partial charge < -0.3 is 15.2 Å². The van der Waals surface area contributed by atoms with Gasteiger partial charge in [0.05, 0.1) is 14.2 Å². The van der Waals surface area contributed by atoms with Crippen LogP contribution in [0.5, 0.6) is 5.75 Å². The Morgan fingerprint density at radius 3 is 2.50 bits per heavy atom. The van der Waals surface area contributed by atoms with Crippen molar-refractivity contribution in [1.29, 1.82) is 0 Å². The molecule has 1 rings (SSSR count). The lowest BCUT2D eigenvalue weighted by Crippen LogP contribution is -2.12. The minimum absolute atomic E-state index is 0. The third-order valence-corrected chi connectivity index (χ3v) is 2.02. The van der Waals surface area contributed by atoms with Crippen LogP contribution < -0.4 is 10.5 Å². The van der Waals surface area contributed by atoms with E-state index in [-0.39, 0.29) is 30.3 Å². The highest BCUT2D eigenvalue weighted by Crippen LogP contribution is 2.24. The van der Waals surface area contributed by atoms with Crippen molar-refractivity contribution in [3.05, 3.63) is 29.1 Å². The molecule has 0 aliphatic heterocycles. The highest BCUT2D eigenvalue weighted by atomic mass is 35.5. The number of rotatable bonds is 3. The molecule has 16 heavy (non-hydrogen) atoms. The molecule has 0 saturated carbocycles. The summed E-state index contributed by atoms with van der Waals surface area (Å²) in [7, 11) is 2.50. The van der Waals surface area contributed by atoms with E-state index in [1.165, 1.54) is 26.4 Å². The Labute approximate surface area is 98.9 Å². The van der Waals surface area contributed by atoms with Crippen LogP contribution in [0.1, 0.15) is 15.9 Å². The first-order chi connectivity index (χ1) is 7.15. The summed E-state index contributed by atoms with van der Waals surface area (Å²) in [5.41, 5.74) is 5.61. The van der Waals surface area contributed by atoms with Gasteiger partial charge in [-0.15, -0.1) is 12.4 Å². The van der Waals surface area contributed by atoms with Gasteiger partial charge in [0.2, 0.25) is 0 Å². The zero-order valence-electron chi connectivity index (χ0n) is 8.95. The lowest BCUT2D eigenvalue weighted by Gasteiger charge is -2.10. The second-order valence-corrected chi connectivity index (χ2v) is 2.81. The van der Waals surface area contributed by atoms with Crippen LogP contribution in [-0.4, -0.2) is 20.2 Å². The Morgan fingerprint density at radius 1 is 1.44 bits per heavy atom. The molecule has 6 heteroatoms. The molecule has 1 aromatic rings. The van der Waals surface area contributed by atoms with Gasteiger partial charge in [0.15, 0.2) is 11.6 Å². The molecular weight excluding hydrogens is 237 g/mol. The van der Waals surface area contributed by atoms with Crippen molar-refractivity contribution in [2.75, 3.05) is 14.2 Å². The molecule has 0 bridgehead atoms. The monoisotopic (exact) mass is 249 g/mol. The van der Waals surface area contributed by atoms with Crippen molar-refractivity contribution in [2.24, 2.45) is 5.73 Å². The maximum atomic E-state index is 13.7. The number of halogens is 2. The molecule has 0 fully saturated rings. The predicted octanol–water partition coefficient (Wildman–Crippen LogP) is 1.50. The molecule has 0 atom stereocenters. The van der Waals surface area contributed by atoms with E-state index in [1.54, 1.807) is 0 Å². The van der Waals surface area contributed by atoms with Crippen LogP contribution in [0.3, 0.4) is 0 Å². The number of hydrogen-bond donors (Lipinski definition) is 1. The number of esters is 1. The summed E-state index contributed by atoms with van der Waals surface area (Å²) in [6, 6.07) is 2.96. The fourth-order valence-electron chi connectivity index (χ4n) is 1.25. The number of ether oxygens (including phenoxy) is 2. The van der Waals surface area contributed by atoms with Crippen LogP contribution in [-0.2, 0) is 11.3 Å². The molecule has 0 aromatic heterocycles. The maximum Gasteiger partial charge on any atom is 0.341 e. The quantitative estimate of drug-likeness (QED) is 0.825. The molecular formula is C10H13ClFNO3. The van der Waals surface area contributed by atoms with Gasteiger partial charge >= 0.3 is 5.97 Å². The van der Waals surface area contributed by atoms with Gasteiger partial charge in [0.1, 0.15) is 5.56 Å². The fourth-order valence-corrected chi connectivity index (χ4v) is 1.25. The summed E-state index contributed by atoms with van der Waals surface area (Å²) in [5, 5.41) is 0. The smallest absolute Gasteiger partial charge is 0.341 e. The van der Waals surface area contributed by atoms with Crippen molar-refractivity contribution < 1.29 is 18.7 Å². The average Bonchev–Trinajstić information content (AvgIpc) is 2.27. The van der Waals surface area contributed by atoms with Crippen molar-refractivity contribution >= 4 is 18.4 Å². The summed E-state index contributed by atoms with van der Waals surface area (Å²) in [5.74, 6) is -1.51. The van der Waals surface area contributed by atoms with E-state index in [9.17, 15) is 9.18 Å². The molecule has 0 heterocycles. The minimum Gasteiger partial charge on any atom is -0.494 e. The Bertz CT molecular complexity index is 385. The first-order valence-corrected chi connectivity index (χ1v) is 4.29. The van der Waals surface area contributed by atoms with E-state index in [2.05, 4.69) is 4.74 Å². The number of carbonyl (C=O) groups excluding carboxylic acids is 1. The second kappa shape index (κ2) is 6.30. The molecule has 0 aliphatic rings. The van der Waals surface area contributed by atoms with Gasteiger partial charge in [0.25, 0.3) is 0 Å². The molecule has 4 nitrogen and oxygen atoms in total. The molecule has 0 spiro atoms. The lowest BCUT2D eigenvalue weighted by atomic mass is 10.1. The summed E-state index contributed by atoms with van der Waals surface area (Å²) < 4.78 is 22.9. The highest BCUT2D eigenvalue weighted by molar-refractivity contribution is 5.91. The van der Waals surface area contributed by atoms with Crippen molar-refractivity contribution in [3.8, 4) is 5.75 Å². The molecule has 0 radical (unpaired) electrons. The normalized spacial score (nSPS) is 9.25. The summed E-state index contributed by atoms with van der Waals surface area (Å²) in [6.45, 7) is 0.0609. The number of benzene rings is 1. The largest absolute Gasteiger partial charge is 0.494 e. The number of hydrogen-bond acceptors (Lipinski definition) is 4. The van der Waals surface area contributed by atoms with E-state index in [0.717, 1.165) is 0 Å². The Kier molecular flexibility index (Phi) is 5.77. The van der Waals surface area contributed by atoms with Crippen LogP contribution in [0.25, 0.3) is 0 Å². The van der Waals surface area contributed by atoms with Crippen LogP contribution in [0.15, 0.2) is 12.1 Å². The van der Waals surface area contributed by atoms with E-state index in [1.807, 2.05) is 0 Å². The van der Waals surface area contributed by atoms with Crippen molar-refractivity contribution in [1.82, 2.24) is 0 Å². The maximum absolute atomic E-state index is 13.7. The first-order valence-electron chi connectivity index (χ1n) is 4.29. The zero-order valence-corrected chi connectivity index (χ0v) is 9.77. The van der Waals surface area contributed by atoms with Gasteiger partial charge in [0, 0.05) is 6.54 Å². The van der Waals surface area contributed by atoms with E-state index in [0.29, 0.717) is 5.56 Å². The second-order valence-electron chi connectivity index (χ2n) is 2.81. The number of carbonyl (C=O) groups is 1. The lowest BCUT2D eigenvalue weighted by molar-refractivity contribution is 0.0593. The SMILES string of the molecule is COC(=O)c1c(CN)ccc(OC)c1F.Cl. The summed E-state index contributed by atoms with van der Waals surface area (Å²) >= 11 is 0. The standard InChI is InChI=1S/C10H12FNO3.ClH/c1-14-7-4-3-6(5-12)8(9(7)11)10(13)15-2;/h3-4H,5,12H2,1-2H3;1H. The first kappa shape index (κ1) is 14.7. The molecule has 1 aromatic carbocycles. The average molecular weight is 250 g/mol. The number of methoxy groups -OCH3 is 2. The third-order valence-electron chi connectivity index (χ3n) is 2.02. The highest BCUT2D eigenvalue weighted by Gasteiger charge is 2.20. The Hall–Kier alpha value is -1.33. The van der Waals surface area contributed by atoms with Gasteiger partial charge in [-0.05, 0) is 11.6 Å². The van der Waals surface area contributed by atoms with Crippen LogP contribution in [0.4, 0.5) is 4.39 Å². The fraction of sp³-hybridized carbons (Fsp3) is 0.300. The predicted molar refractivity (Wildman–Crippen MR) is 59.4 cm³/mol. The van der Waals surface area contributed by atoms with E-state index < -0.39 is 11.8 Å². The topological polar surface area (TPSA) is 61.5 Å². The molecule has 0 saturated heterocycles. The molecule has 0 aliphatic carbocycles. The Balaban J connectivity index is 0.00000225. The van der Waals surface area contributed by atoms with Crippen LogP contribution >= 0.6 is 12.4 Å². The van der Waals surface area contributed by atoms with Gasteiger partial charge in [-0.25, -0.2) is 9.18 Å². The van der Waals surface area contributed by atoms with Crippen LogP contribution in [0, 0.1) is 5.82 Å².